The van der Waals surface area contributed by atoms with E-state index in [9.17, 15) is 12.8 Å². The fraction of sp³-hybridized carbons (Fsp3) is 0.200. The molecular weight excluding hydrogens is 293 g/mol. The second-order valence-electron chi connectivity index (χ2n) is 4.36. The van der Waals surface area contributed by atoms with E-state index in [-0.39, 0.29) is 17.3 Å². The molecule has 0 saturated carbocycles. The van der Waals surface area contributed by atoms with Crippen molar-refractivity contribution in [3.05, 3.63) is 59.9 Å². The number of halogens is 1. The standard InChI is InChI=1S/C15H16FNO3S/c1-2-20-14-7-9-15(10-8-14)21(18,19)17-11-12-3-5-13(16)6-4-12/h3-10,17H,2,11H2,1H3. The lowest BCUT2D eigenvalue weighted by Crippen LogP contribution is -2.23. The Kier molecular flexibility index (Phi) is 4.93. The first-order valence-electron chi connectivity index (χ1n) is 6.48. The summed E-state index contributed by atoms with van der Waals surface area (Å²) >= 11 is 0. The summed E-state index contributed by atoms with van der Waals surface area (Å²) in [6.45, 7) is 2.49. The van der Waals surface area contributed by atoms with Crippen molar-refractivity contribution in [2.75, 3.05) is 6.61 Å². The van der Waals surface area contributed by atoms with E-state index < -0.39 is 10.0 Å². The van der Waals surface area contributed by atoms with Gasteiger partial charge in [0.25, 0.3) is 0 Å². The molecule has 2 aromatic rings. The van der Waals surface area contributed by atoms with E-state index in [1.54, 1.807) is 12.1 Å². The van der Waals surface area contributed by atoms with E-state index in [2.05, 4.69) is 4.72 Å². The summed E-state index contributed by atoms with van der Waals surface area (Å²) in [4.78, 5) is 0.160. The molecule has 0 unspecified atom stereocenters. The molecule has 2 rings (SSSR count). The Labute approximate surface area is 123 Å². The summed E-state index contributed by atoms with van der Waals surface area (Å²) in [7, 11) is -3.60. The molecule has 0 atom stereocenters. The average molecular weight is 309 g/mol. The molecular formula is C15H16FNO3S. The summed E-state index contributed by atoms with van der Waals surface area (Å²) in [5.41, 5.74) is 0.686. The molecule has 0 radical (unpaired) electrons. The summed E-state index contributed by atoms with van der Waals surface area (Å²) in [5.74, 6) is 0.267. The van der Waals surface area contributed by atoms with Gasteiger partial charge in [0.15, 0.2) is 0 Å². The summed E-state index contributed by atoms with van der Waals surface area (Å²) in [5, 5.41) is 0. The summed E-state index contributed by atoms with van der Waals surface area (Å²) in [6, 6.07) is 11.8. The molecule has 0 amide bonds. The van der Waals surface area contributed by atoms with Crippen LogP contribution in [0.15, 0.2) is 53.4 Å². The molecule has 0 spiro atoms. The van der Waals surface area contributed by atoms with Crippen LogP contribution in [0.5, 0.6) is 5.75 Å². The van der Waals surface area contributed by atoms with Gasteiger partial charge in [-0.2, -0.15) is 0 Å². The van der Waals surface area contributed by atoms with E-state index in [1.807, 2.05) is 6.92 Å². The molecule has 0 bridgehead atoms. The van der Waals surface area contributed by atoms with Gasteiger partial charge in [-0.1, -0.05) is 12.1 Å². The smallest absolute Gasteiger partial charge is 0.240 e. The van der Waals surface area contributed by atoms with Crippen LogP contribution in [0.3, 0.4) is 0 Å². The topological polar surface area (TPSA) is 55.4 Å². The Balaban J connectivity index is 2.05. The third-order valence-corrected chi connectivity index (χ3v) is 4.24. The van der Waals surface area contributed by atoms with E-state index in [4.69, 9.17) is 4.74 Å². The summed E-state index contributed by atoms with van der Waals surface area (Å²) < 4.78 is 44.7. The molecule has 0 aliphatic rings. The minimum absolute atomic E-state index is 0.107. The maximum atomic E-state index is 12.8. The number of hydrogen-bond donors (Lipinski definition) is 1. The van der Waals surface area contributed by atoms with Gasteiger partial charge in [-0.25, -0.2) is 17.5 Å². The molecule has 0 aliphatic heterocycles. The first-order valence-corrected chi connectivity index (χ1v) is 7.96. The van der Waals surface area contributed by atoms with Crippen molar-refractivity contribution < 1.29 is 17.5 Å². The Morgan fingerprint density at radius 1 is 1.05 bits per heavy atom. The van der Waals surface area contributed by atoms with Gasteiger partial charge in [0, 0.05) is 6.54 Å². The molecule has 0 aliphatic carbocycles. The Hall–Kier alpha value is -1.92. The van der Waals surface area contributed by atoms with Crippen LogP contribution >= 0.6 is 0 Å². The number of ether oxygens (including phenoxy) is 1. The lowest BCUT2D eigenvalue weighted by atomic mass is 10.2. The predicted octanol–water partition coefficient (Wildman–Crippen LogP) is 2.70. The number of hydrogen-bond acceptors (Lipinski definition) is 3. The van der Waals surface area contributed by atoms with E-state index in [0.717, 1.165) is 0 Å². The molecule has 0 heterocycles. The Bertz CT molecular complexity index is 682. The van der Waals surface area contributed by atoms with Gasteiger partial charge in [0.05, 0.1) is 11.5 Å². The number of benzene rings is 2. The van der Waals surface area contributed by atoms with Gasteiger partial charge in [0.2, 0.25) is 10.0 Å². The van der Waals surface area contributed by atoms with Crippen molar-refractivity contribution in [3.63, 3.8) is 0 Å². The van der Waals surface area contributed by atoms with E-state index in [1.165, 1.54) is 36.4 Å². The third kappa shape index (κ3) is 4.27. The molecule has 2 aromatic carbocycles. The van der Waals surface area contributed by atoms with Crippen LogP contribution in [0.1, 0.15) is 12.5 Å². The van der Waals surface area contributed by atoms with Crippen molar-refractivity contribution in [1.82, 2.24) is 4.72 Å². The Morgan fingerprint density at radius 2 is 1.67 bits per heavy atom. The fourth-order valence-corrected chi connectivity index (χ4v) is 2.76. The van der Waals surface area contributed by atoms with Gasteiger partial charge in [-0.15, -0.1) is 0 Å². The minimum atomic E-state index is -3.60. The van der Waals surface area contributed by atoms with Crippen LogP contribution in [0.4, 0.5) is 4.39 Å². The second kappa shape index (κ2) is 6.69. The monoisotopic (exact) mass is 309 g/mol. The minimum Gasteiger partial charge on any atom is -0.494 e. The molecule has 6 heteroatoms. The van der Waals surface area contributed by atoms with Crippen LogP contribution in [0, 0.1) is 5.82 Å². The lowest BCUT2D eigenvalue weighted by Gasteiger charge is -2.08. The molecule has 1 N–H and O–H groups in total. The molecule has 21 heavy (non-hydrogen) atoms. The highest BCUT2D eigenvalue weighted by molar-refractivity contribution is 7.89. The van der Waals surface area contributed by atoms with Crippen LogP contribution in [0.2, 0.25) is 0 Å². The van der Waals surface area contributed by atoms with E-state index in [0.29, 0.717) is 17.9 Å². The molecule has 112 valence electrons. The number of sulfonamides is 1. The fourth-order valence-electron chi connectivity index (χ4n) is 1.75. The highest BCUT2D eigenvalue weighted by Gasteiger charge is 2.13. The molecule has 0 fully saturated rings. The van der Waals surface area contributed by atoms with Crippen molar-refractivity contribution >= 4 is 10.0 Å². The summed E-state index contributed by atoms with van der Waals surface area (Å²) in [6.07, 6.45) is 0. The maximum absolute atomic E-state index is 12.8. The van der Waals surface area contributed by atoms with Crippen LogP contribution < -0.4 is 9.46 Å². The van der Waals surface area contributed by atoms with Crippen molar-refractivity contribution in [3.8, 4) is 5.75 Å². The van der Waals surface area contributed by atoms with Crippen LogP contribution in [-0.2, 0) is 16.6 Å². The first-order chi connectivity index (χ1) is 10.0. The van der Waals surface area contributed by atoms with Crippen LogP contribution in [-0.4, -0.2) is 15.0 Å². The molecule has 0 aromatic heterocycles. The highest BCUT2D eigenvalue weighted by Crippen LogP contribution is 2.16. The normalized spacial score (nSPS) is 11.3. The van der Waals surface area contributed by atoms with E-state index >= 15 is 0 Å². The number of nitrogens with one attached hydrogen (secondary N) is 1. The molecule has 0 saturated heterocycles. The first kappa shape index (κ1) is 15.5. The van der Waals surface area contributed by atoms with Crippen molar-refractivity contribution in [2.24, 2.45) is 0 Å². The second-order valence-corrected chi connectivity index (χ2v) is 6.12. The SMILES string of the molecule is CCOc1ccc(S(=O)(=O)NCc2ccc(F)cc2)cc1. The van der Waals surface area contributed by atoms with Gasteiger partial charge in [-0.3, -0.25) is 0 Å². The maximum Gasteiger partial charge on any atom is 0.240 e. The highest BCUT2D eigenvalue weighted by atomic mass is 32.2. The van der Waals surface area contributed by atoms with Crippen molar-refractivity contribution in [2.45, 2.75) is 18.4 Å². The zero-order chi connectivity index (χ0) is 15.3. The van der Waals surface area contributed by atoms with Crippen LogP contribution in [0.25, 0.3) is 0 Å². The van der Waals surface area contributed by atoms with Gasteiger partial charge < -0.3 is 4.74 Å². The van der Waals surface area contributed by atoms with Gasteiger partial charge >= 0.3 is 0 Å². The van der Waals surface area contributed by atoms with Crippen molar-refractivity contribution in [1.29, 1.82) is 0 Å². The molecule has 4 nitrogen and oxygen atoms in total. The zero-order valence-electron chi connectivity index (χ0n) is 11.5. The van der Waals surface area contributed by atoms with Gasteiger partial charge in [0.1, 0.15) is 11.6 Å². The average Bonchev–Trinajstić information content (AvgIpc) is 2.48. The predicted molar refractivity (Wildman–Crippen MR) is 78.0 cm³/mol. The largest absolute Gasteiger partial charge is 0.494 e. The zero-order valence-corrected chi connectivity index (χ0v) is 12.4. The lowest BCUT2D eigenvalue weighted by molar-refractivity contribution is 0.340. The Morgan fingerprint density at radius 3 is 2.24 bits per heavy atom. The third-order valence-electron chi connectivity index (χ3n) is 2.82. The number of rotatable bonds is 6. The quantitative estimate of drug-likeness (QED) is 0.892. The van der Waals surface area contributed by atoms with Gasteiger partial charge in [-0.05, 0) is 48.9 Å².